The van der Waals surface area contributed by atoms with Crippen molar-refractivity contribution >= 4 is 12.0 Å². The highest BCUT2D eigenvalue weighted by Crippen LogP contribution is 2.38. The molecule has 9 heteroatoms. The van der Waals surface area contributed by atoms with Crippen LogP contribution in [-0.2, 0) is 16.8 Å². The number of nitrogens with zero attached hydrogens (tertiary/aromatic N) is 3. The van der Waals surface area contributed by atoms with Gasteiger partial charge in [0.2, 0.25) is 5.95 Å². The van der Waals surface area contributed by atoms with E-state index in [2.05, 4.69) is 20.6 Å². The number of amides is 2. The van der Waals surface area contributed by atoms with Crippen molar-refractivity contribution in [1.29, 1.82) is 0 Å². The number of carbonyl (C=O) groups is 1. The fourth-order valence-electron chi connectivity index (χ4n) is 4.15. The van der Waals surface area contributed by atoms with Crippen LogP contribution >= 0.6 is 0 Å². The molecule has 1 aromatic carbocycles. The minimum atomic E-state index is -0.709. The first-order valence-corrected chi connectivity index (χ1v) is 10.5. The Morgan fingerprint density at radius 2 is 2.16 bits per heavy atom. The molecule has 1 fully saturated rings. The van der Waals surface area contributed by atoms with Gasteiger partial charge in [0.25, 0.3) is 0 Å². The number of hydrogen-bond donors (Lipinski definition) is 3. The second-order valence-electron chi connectivity index (χ2n) is 8.47. The molecule has 1 saturated heterocycles. The van der Waals surface area contributed by atoms with Gasteiger partial charge >= 0.3 is 6.03 Å². The van der Waals surface area contributed by atoms with Crippen LogP contribution in [0.2, 0.25) is 0 Å². The second-order valence-corrected chi connectivity index (χ2v) is 8.47. The van der Waals surface area contributed by atoms with E-state index in [1.165, 1.54) is 12.1 Å². The number of ether oxygens (including phenoxy) is 1. The van der Waals surface area contributed by atoms with Crippen LogP contribution in [0, 0.1) is 5.82 Å². The van der Waals surface area contributed by atoms with Gasteiger partial charge in [0, 0.05) is 31.0 Å². The molecule has 2 aromatic rings. The van der Waals surface area contributed by atoms with Crippen LogP contribution < -0.4 is 10.6 Å². The maximum atomic E-state index is 13.6. The zero-order valence-corrected chi connectivity index (χ0v) is 17.8. The van der Waals surface area contributed by atoms with E-state index < -0.39 is 17.4 Å². The molecule has 3 N–H and O–H groups in total. The van der Waals surface area contributed by atoms with Crippen molar-refractivity contribution in [3.05, 3.63) is 53.1 Å². The van der Waals surface area contributed by atoms with Crippen molar-refractivity contribution in [2.45, 2.75) is 50.9 Å². The van der Waals surface area contributed by atoms with Crippen LogP contribution in [0.1, 0.15) is 49.6 Å². The largest absolute Gasteiger partial charge is 0.394 e. The number of benzene rings is 1. The molecule has 0 bridgehead atoms. The molecule has 0 aliphatic carbocycles. The average molecular weight is 429 g/mol. The van der Waals surface area contributed by atoms with E-state index in [0.717, 1.165) is 37.3 Å². The summed E-state index contributed by atoms with van der Waals surface area (Å²) in [6.45, 7) is 5.30. The predicted octanol–water partition coefficient (Wildman–Crippen LogP) is 2.70. The van der Waals surface area contributed by atoms with Crippen LogP contribution in [0.3, 0.4) is 0 Å². The van der Waals surface area contributed by atoms with Gasteiger partial charge in [-0.15, -0.1) is 0 Å². The summed E-state index contributed by atoms with van der Waals surface area (Å²) in [6.07, 6.45) is 3.58. The summed E-state index contributed by atoms with van der Waals surface area (Å²) in [7, 11) is 0. The Balaban J connectivity index is 1.48. The number of fused-ring (bicyclic) bond motifs is 1. The number of nitrogens with one attached hydrogen (secondary N) is 2. The van der Waals surface area contributed by atoms with Crippen molar-refractivity contribution < 1.29 is 19.0 Å². The molecule has 166 valence electrons. The Hall–Kier alpha value is -2.78. The van der Waals surface area contributed by atoms with Crippen molar-refractivity contribution in [1.82, 2.24) is 20.2 Å². The van der Waals surface area contributed by atoms with E-state index in [-0.39, 0.29) is 18.7 Å². The number of aliphatic hydroxyl groups is 1. The molecule has 1 atom stereocenters. The number of hydrogen-bond acceptors (Lipinski definition) is 6. The monoisotopic (exact) mass is 429 g/mol. The SMILES string of the molecule is CC1(C)c2cnc(NC3CCOCC3)nc2CN1C(=O)NC(CO)c1cccc(F)c1. The van der Waals surface area contributed by atoms with Gasteiger partial charge in [0.15, 0.2) is 0 Å². The van der Waals surface area contributed by atoms with Crippen LogP contribution in [0.25, 0.3) is 0 Å². The standard InChI is InChI=1S/C22H28FN5O3/c1-22(2)17-11-24-20(25-16-6-8-31-9-7-16)26-18(17)12-28(22)21(30)27-19(13-29)14-4-3-5-15(23)10-14/h3-5,10-11,16,19,29H,6-9,12-13H2,1-2H3,(H,27,30)(H,24,25,26). The Kier molecular flexibility index (Phi) is 6.06. The molecule has 31 heavy (non-hydrogen) atoms. The third-order valence-electron chi connectivity index (χ3n) is 6.04. The molecule has 1 unspecified atom stereocenters. The predicted molar refractivity (Wildman–Crippen MR) is 113 cm³/mol. The fourth-order valence-corrected chi connectivity index (χ4v) is 4.15. The minimum absolute atomic E-state index is 0.275. The highest BCUT2D eigenvalue weighted by atomic mass is 19.1. The van der Waals surface area contributed by atoms with Gasteiger partial charge in [-0.3, -0.25) is 0 Å². The topological polar surface area (TPSA) is 99.6 Å². The second kappa shape index (κ2) is 8.76. The summed E-state index contributed by atoms with van der Waals surface area (Å²) in [6, 6.07) is 5.07. The molecular weight excluding hydrogens is 401 g/mol. The number of aromatic nitrogens is 2. The molecule has 3 heterocycles. The van der Waals surface area contributed by atoms with Gasteiger partial charge in [0.1, 0.15) is 5.82 Å². The van der Waals surface area contributed by atoms with Crippen LogP contribution in [-0.4, -0.2) is 51.9 Å². The third-order valence-corrected chi connectivity index (χ3v) is 6.04. The molecule has 2 aliphatic rings. The molecule has 2 amide bonds. The van der Waals surface area contributed by atoms with Gasteiger partial charge in [-0.05, 0) is 44.4 Å². The summed E-state index contributed by atoms with van der Waals surface area (Å²) in [5.41, 5.74) is 1.55. The van der Waals surface area contributed by atoms with E-state index in [0.29, 0.717) is 18.1 Å². The number of urea groups is 1. The summed E-state index contributed by atoms with van der Waals surface area (Å²) in [4.78, 5) is 23.9. The first-order chi connectivity index (χ1) is 14.9. The molecule has 0 spiro atoms. The number of rotatable bonds is 5. The van der Waals surface area contributed by atoms with Crippen LogP contribution in [0.15, 0.2) is 30.5 Å². The zero-order valence-electron chi connectivity index (χ0n) is 17.8. The first kappa shape index (κ1) is 21.5. The van der Waals surface area contributed by atoms with Gasteiger partial charge in [-0.25, -0.2) is 19.2 Å². The Morgan fingerprint density at radius 3 is 2.87 bits per heavy atom. The van der Waals surface area contributed by atoms with Crippen molar-refractivity contribution in [3.8, 4) is 0 Å². The van der Waals surface area contributed by atoms with Crippen molar-refractivity contribution in [3.63, 3.8) is 0 Å². The summed E-state index contributed by atoms with van der Waals surface area (Å²) in [5.74, 6) is 0.135. The van der Waals surface area contributed by atoms with Gasteiger partial charge < -0.3 is 25.4 Å². The van der Waals surface area contributed by atoms with E-state index in [1.807, 2.05) is 13.8 Å². The van der Waals surface area contributed by atoms with E-state index >= 15 is 0 Å². The number of anilines is 1. The van der Waals surface area contributed by atoms with E-state index in [4.69, 9.17) is 4.74 Å². The lowest BCUT2D eigenvalue weighted by Crippen LogP contribution is -2.47. The summed E-state index contributed by atoms with van der Waals surface area (Å²) >= 11 is 0. The maximum Gasteiger partial charge on any atom is 0.319 e. The fraction of sp³-hybridized carbons (Fsp3) is 0.500. The van der Waals surface area contributed by atoms with Crippen molar-refractivity contribution in [2.24, 2.45) is 0 Å². The summed E-state index contributed by atoms with van der Waals surface area (Å²) in [5, 5.41) is 15.9. The lowest BCUT2D eigenvalue weighted by molar-refractivity contribution is 0.0903. The number of carbonyl (C=O) groups excluding carboxylic acids is 1. The highest BCUT2D eigenvalue weighted by molar-refractivity contribution is 5.77. The molecule has 0 saturated carbocycles. The molecule has 0 radical (unpaired) electrons. The lowest BCUT2D eigenvalue weighted by atomic mass is 9.97. The molecular formula is C22H28FN5O3. The zero-order chi connectivity index (χ0) is 22.0. The van der Waals surface area contributed by atoms with Gasteiger partial charge in [-0.2, -0.15) is 0 Å². The number of aliphatic hydroxyl groups excluding tert-OH is 1. The maximum absolute atomic E-state index is 13.6. The average Bonchev–Trinajstić information content (AvgIpc) is 3.02. The van der Waals surface area contributed by atoms with Gasteiger partial charge in [-0.1, -0.05) is 12.1 Å². The number of halogens is 1. The lowest BCUT2D eigenvalue weighted by Gasteiger charge is -2.33. The quantitative estimate of drug-likeness (QED) is 0.676. The minimum Gasteiger partial charge on any atom is -0.394 e. The smallest absolute Gasteiger partial charge is 0.319 e. The third kappa shape index (κ3) is 4.47. The summed E-state index contributed by atoms with van der Waals surface area (Å²) < 4.78 is 19.0. The normalized spacial score (nSPS) is 19.0. The molecule has 2 aliphatic heterocycles. The van der Waals surface area contributed by atoms with E-state index in [1.54, 1.807) is 23.2 Å². The molecule has 4 rings (SSSR count). The van der Waals surface area contributed by atoms with Crippen LogP contribution in [0.4, 0.5) is 15.1 Å². The molecule has 8 nitrogen and oxygen atoms in total. The first-order valence-electron chi connectivity index (χ1n) is 10.5. The Bertz CT molecular complexity index is 948. The van der Waals surface area contributed by atoms with E-state index in [9.17, 15) is 14.3 Å². The Labute approximate surface area is 180 Å². The van der Waals surface area contributed by atoms with Crippen molar-refractivity contribution in [2.75, 3.05) is 25.1 Å². The highest BCUT2D eigenvalue weighted by Gasteiger charge is 2.42. The van der Waals surface area contributed by atoms with Crippen LogP contribution in [0.5, 0.6) is 0 Å². The molecule has 1 aromatic heterocycles. The Morgan fingerprint density at radius 1 is 1.39 bits per heavy atom. The van der Waals surface area contributed by atoms with Gasteiger partial charge in [0.05, 0.1) is 30.4 Å².